The summed E-state index contributed by atoms with van der Waals surface area (Å²) in [6, 6.07) is 13.8. The van der Waals surface area contributed by atoms with Crippen molar-refractivity contribution in [2.45, 2.75) is 39.4 Å². The van der Waals surface area contributed by atoms with Crippen molar-refractivity contribution in [2.24, 2.45) is 5.41 Å². The minimum atomic E-state index is -4.42. The molecule has 1 aliphatic rings. The quantitative estimate of drug-likeness (QED) is 0.414. The number of anilines is 1. The average molecular weight is 461 g/mol. The number of pyridine rings is 1. The van der Waals surface area contributed by atoms with Crippen molar-refractivity contribution in [3.05, 3.63) is 65.4 Å². The van der Waals surface area contributed by atoms with Crippen LogP contribution in [0.5, 0.6) is 5.75 Å². The molecule has 2 heterocycles. The smallest absolute Gasteiger partial charge is 0.397 e. The summed E-state index contributed by atoms with van der Waals surface area (Å²) in [4.78, 5) is 4.54. The average Bonchev–Trinajstić information content (AvgIpc) is 3.24. The number of fused-ring (bicyclic) bond motifs is 2. The number of alkyl halides is 3. The highest BCUT2D eigenvalue weighted by molar-refractivity contribution is 7.99. The van der Waals surface area contributed by atoms with Gasteiger partial charge < -0.3 is 10.1 Å². The van der Waals surface area contributed by atoms with Crippen molar-refractivity contribution < 1.29 is 17.9 Å². The van der Waals surface area contributed by atoms with E-state index in [4.69, 9.17) is 4.74 Å². The molecular weight excluding hydrogens is 433 g/mol. The molecule has 2 atom stereocenters. The topological polar surface area (TPSA) is 34.2 Å². The summed E-state index contributed by atoms with van der Waals surface area (Å²) in [6.07, 6.45) is -3.71. The third kappa shape index (κ3) is 4.15. The molecule has 0 fully saturated rings. The largest absolute Gasteiger partial charge is 0.493 e. The van der Waals surface area contributed by atoms with E-state index in [9.17, 15) is 13.2 Å². The number of hydrogen-bond donors (Lipinski definition) is 1. The number of aromatic nitrogens is 1. The lowest BCUT2D eigenvalue weighted by Gasteiger charge is -2.40. The Bertz CT molecular complexity index is 1120. The fourth-order valence-corrected chi connectivity index (χ4v) is 5.19. The highest BCUT2D eigenvalue weighted by atomic mass is 32.2. The van der Waals surface area contributed by atoms with Gasteiger partial charge in [0, 0.05) is 34.5 Å². The number of aryl methyl sites for hydroxylation is 1. The number of para-hydroxylation sites is 1. The third-order valence-corrected chi connectivity index (χ3v) is 7.33. The van der Waals surface area contributed by atoms with E-state index in [0.29, 0.717) is 35.8 Å². The monoisotopic (exact) mass is 460 g/mol. The molecule has 3 aromatic rings. The molecule has 7 heteroatoms. The highest BCUT2D eigenvalue weighted by Crippen LogP contribution is 2.53. The fraction of sp³-hybridized carbons (Fsp3) is 0.400. The van der Waals surface area contributed by atoms with Gasteiger partial charge in [-0.15, -0.1) is 0 Å². The second-order valence-electron chi connectivity index (χ2n) is 8.39. The van der Waals surface area contributed by atoms with Gasteiger partial charge in [-0.25, -0.2) is 0 Å². The molecule has 1 unspecified atom stereocenters. The third-order valence-electron chi connectivity index (χ3n) is 6.12. The van der Waals surface area contributed by atoms with E-state index >= 15 is 0 Å². The molecule has 0 bridgehead atoms. The summed E-state index contributed by atoms with van der Waals surface area (Å²) in [5.74, 6) is 1.13. The molecule has 0 aliphatic carbocycles. The van der Waals surface area contributed by atoms with Crippen molar-refractivity contribution in [3.63, 3.8) is 0 Å². The van der Waals surface area contributed by atoms with Crippen LogP contribution in [0.4, 0.5) is 18.9 Å². The molecule has 32 heavy (non-hydrogen) atoms. The SMILES string of the molecule is CCSC[C@@](C)(C(Nc1cccc2nc(C)ccc12)c1cccc2c1OCC2)C(F)(F)F. The van der Waals surface area contributed by atoms with Crippen molar-refractivity contribution >= 4 is 28.4 Å². The van der Waals surface area contributed by atoms with E-state index in [-0.39, 0.29) is 5.75 Å². The Kier molecular flexibility index (Phi) is 6.30. The fourth-order valence-electron chi connectivity index (χ4n) is 4.23. The minimum Gasteiger partial charge on any atom is -0.493 e. The first-order valence-corrected chi connectivity index (χ1v) is 11.9. The van der Waals surface area contributed by atoms with Crippen LogP contribution < -0.4 is 10.1 Å². The van der Waals surface area contributed by atoms with Gasteiger partial charge in [-0.05, 0) is 49.4 Å². The second kappa shape index (κ2) is 8.85. The zero-order valence-corrected chi connectivity index (χ0v) is 19.2. The van der Waals surface area contributed by atoms with Gasteiger partial charge in [0.25, 0.3) is 0 Å². The molecule has 1 N–H and O–H groups in total. The van der Waals surface area contributed by atoms with Gasteiger partial charge in [0.05, 0.1) is 23.6 Å². The van der Waals surface area contributed by atoms with Gasteiger partial charge in [-0.1, -0.05) is 31.2 Å². The van der Waals surface area contributed by atoms with E-state index in [1.54, 1.807) is 6.07 Å². The van der Waals surface area contributed by atoms with E-state index in [2.05, 4.69) is 10.3 Å². The van der Waals surface area contributed by atoms with Crippen LogP contribution in [0.2, 0.25) is 0 Å². The molecule has 0 spiro atoms. The summed E-state index contributed by atoms with van der Waals surface area (Å²) < 4.78 is 49.9. The predicted molar refractivity (Wildman–Crippen MR) is 126 cm³/mol. The molecule has 0 amide bonds. The maximum atomic E-state index is 14.7. The van der Waals surface area contributed by atoms with E-state index < -0.39 is 17.6 Å². The molecule has 170 valence electrons. The summed E-state index contributed by atoms with van der Waals surface area (Å²) in [5, 5.41) is 4.09. The van der Waals surface area contributed by atoms with E-state index in [1.807, 2.05) is 56.3 Å². The Hall–Kier alpha value is -2.41. The number of nitrogens with zero attached hydrogens (tertiary/aromatic N) is 1. The van der Waals surface area contributed by atoms with Crippen LogP contribution in [0.25, 0.3) is 10.9 Å². The number of thioether (sulfide) groups is 1. The Morgan fingerprint density at radius 1 is 1.12 bits per heavy atom. The van der Waals surface area contributed by atoms with Crippen LogP contribution in [0, 0.1) is 12.3 Å². The molecule has 1 aromatic heterocycles. The number of rotatable bonds is 7. The first-order valence-electron chi connectivity index (χ1n) is 10.8. The van der Waals surface area contributed by atoms with Crippen LogP contribution in [0.3, 0.4) is 0 Å². The van der Waals surface area contributed by atoms with Gasteiger partial charge in [-0.3, -0.25) is 4.98 Å². The summed E-state index contributed by atoms with van der Waals surface area (Å²) >= 11 is 1.30. The molecule has 0 saturated heterocycles. The molecule has 1 aliphatic heterocycles. The first kappa shape index (κ1) is 22.8. The summed E-state index contributed by atoms with van der Waals surface area (Å²) in [5.41, 5.74) is 1.73. The van der Waals surface area contributed by atoms with Crippen molar-refractivity contribution in [3.8, 4) is 5.75 Å². The second-order valence-corrected chi connectivity index (χ2v) is 9.66. The minimum absolute atomic E-state index is 0.0591. The van der Waals surface area contributed by atoms with Gasteiger partial charge >= 0.3 is 6.18 Å². The van der Waals surface area contributed by atoms with Crippen LogP contribution in [0.15, 0.2) is 48.5 Å². The zero-order chi connectivity index (χ0) is 22.9. The lowest BCUT2D eigenvalue weighted by Crippen LogP contribution is -2.46. The molecule has 2 aromatic carbocycles. The van der Waals surface area contributed by atoms with Crippen LogP contribution in [-0.2, 0) is 6.42 Å². The van der Waals surface area contributed by atoms with Crippen molar-refractivity contribution in [1.29, 1.82) is 0 Å². The maximum Gasteiger partial charge on any atom is 0.397 e. The van der Waals surface area contributed by atoms with Gasteiger partial charge in [0.15, 0.2) is 0 Å². The Balaban J connectivity index is 1.88. The van der Waals surface area contributed by atoms with Crippen LogP contribution in [0.1, 0.15) is 36.7 Å². The lowest BCUT2D eigenvalue weighted by atomic mass is 9.78. The summed E-state index contributed by atoms with van der Waals surface area (Å²) in [6.45, 7) is 5.58. The number of ether oxygens (including phenoxy) is 1. The van der Waals surface area contributed by atoms with Gasteiger partial charge in [0.1, 0.15) is 5.75 Å². The van der Waals surface area contributed by atoms with Crippen molar-refractivity contribution in [2.75, 3.05) is 23.4 Å². The maximum absolute atomic E-state index is 14.7. The lowest BCUT2D eigenvalue weighted by molar-refractivity contribution is -0.215. The Labute approximate surface area is 190 Å². The highest BCUT2D eigenvalue weighted by Gasteiger charge is 2.57. The van der Waals surface area contributed by atoms with E-state index in [1.165, 1.54) is 18.7 Å². The Morgan fingerprint density at radius 2 is 1.91 bits per heavy atom. The first-order chi connectivity index (χ1) is 15.2. The number of benzene rings is 2. The van der Waals surface area contributed by atoms with Crippen LogP contribution in [-0.4, -0.2) is 29.3 Å². The normalized spacial score (nSPS) is 16.3. The zero-order valence-electron chi connectivity index (χ0n) is 18.4. The molecule has 0 saturated carbocycles. The molecular formula is C25H27F3N2OS. The number of hydrogen-bond acceptors (Lipinski definition) is 4. The number of nitrogens with one attached hydrogen (secondary N) is 1. The molecule has 4 rings (SSSR count). The van der Waals surface area contributed by atoms with Gasteiger partial charge in [0.2, 0.25) is 0 Å². The van der Waals surface area contributed by atoms with Crippen molar-refractivity contribution in [1.82, 2.24) is 4.98 Å². The Morgan fingerprint density at radius 3 is 2.66 bits per heavy atom. The van der Waals surface area contributed by atoms with Gasteiger partial charge in [-0.2, -0.15) is 24.9 Å². The molecule has 0 radical (unpaired) electrons. The van der Waals surface area contributed by atoms with Crippen LogP contribution >= 0.6 is 11.8 Å². The molecule has 3 nitrogen and oxygen atoms in total. The standard InChI is InChI=1S/C25H27F3N2OS/c1-4-32-15-24(3,25(26,27)28)23(19-8-5-7-17-13-14-31-22(17)19)30-21-10-6-9-20-18(21)12-11-16(2)29-20/h5-12,23,30H,4,13-15H2,1-3H3/t23?,24-/m0/s1. The summed E-state index contributed by atoms with van der Waals surface area (Å²) in [7, 11) is 0. The van der Waals surface area contributed by atoms with E-state index in [0.717, 1.165) is 22.2 Å². The number of halogens is 3. The predicted octanol–water partition coefficient (Wildman–Crippen LogP) is 6.95.